The Bertz CT molecular complexity index is 1110. The summed E-state index contributed by atoms with van der Waals surface area (Å²) in [4.78, 5) is 14.0. The number of aliphatic hydroxyl groups is 1. The van der Waals surface area contributed by atoms with E-state index in [4.69, 9.17) is 4.98 Å². The Hall–Kier alpha value is -1.99. The first-order valence-electron chi connectivity index (χ1n) is 10.4. The van der Waals surface area contributed by atoms with Crippen LogP contribution in [0.3, 0.4) is 0 Å². The van der Waals surface area contributed by atoms with Crippen molar-refractivity contribution in [1.82, 2.24) is 19.4 Å². The number of halogens is 1. The number of fused-ring (bicyclic) bond motifs is 1. The molecule has 6 nitrogen and oxygen atoms in total. The fraction of sp³-hybridized carbons (Fsp3) is 0.500. The Labute approximate surface area is 177 Å². The number of aromatic nitrogens is 4. The minimum atomic E-state index is -0.501. The van der Waals surface area contributed by atoms with Crippen LogP contribution in [0.25, 0.3) is 17.0 Å². The van der Waals surface area contributed by atoms with Crippen LogP contribution in [0.2, 0.25) is 0 Å². The third-order valence-electron chi connectivity index (χ3n) is 7.09. The predicted octanol–water partition coefficient (Wildman–Crippen LogP) is 4.36. The zero-order valence-corrected chi connectivity index (χ0v) is 18.0. The smallest absolute Gasteiger partial charge is 0.223 e. The first-order valence-corrected chi connectivity index (χ1v) is 11.2. The van der Waals surface area contributed by atoms with Crippen LogP contribution in [-0.2, 0) is 0 Å². The monoisotopic (exact) mass is 453 g/mol. The van der Waals surface area contributed by atoms with Crippen LogP contribution in [0, 0.1) is 18.8 Å². The summed E-state index contributed by atoms with van der Waals surface area (Å²) >= 11 is 3.55. The lowest BCUT2D eigenvalue weighted by Gasteiger charge is -2.60. The fourth-order valence-electron chi connectivity index (χ4n) is 6.49. The van der Waals surface area contributed by atoms with E-state index < -0.39 is 5.60 Å². The van der Waals surface area contributed by atoms with E-state index in [0.29, 0.717) is 17.8 Å². The van der Waals surface area contributed by atoms with E-state index in [1.165, 1.54) is 6.42 Å². The molecule has 2 N–H and O–H groups in total. The van der Waals surface area contributed by atoms with Crippen LogP contribution in [0.5, 0.6) is 0 Å². The predicted molar refractivity (Wildman–Crippen MR) is 115 cm³/mol. The summed E-state index contributed by atoms with van der Waals surface area (Å²) in [6, 6.07) is 3.98. The van der Waals surface area contributed by atoms with Gasteiger partial charge in [0.25, 0.3) is 0 Å². The van der Waals surface area contributed by atoms with Crippen LogP contribution in [-0.4, -0.2) is 35.6 Å². The van der Waals surface area contributed by atoms with Gasteiger partial charge in [0.05, 0.1) is 23.2 Å². The number of imidazole rings is 1. The van der Waals surface area contributed by atoms with Gasteiger partial charge in [0.15, 0.2) is 0 Å². The lowest BCUT2D eigenvalue weighted by atomic mass is 9.51. The molecule has 2 unspecified atom stereocenters. The average molecular weight is 454 g/mol. The molecule has 0 aliphatic heterocycles. The quantitative estimate of drug-likeness (QED) is 0.615. The van der Waals surface area contributed by atoms with Gasteiger partial charge in [-0.15, -0.1) is 0 Å². The fourth-order valence-corrected chi connectivity index (χ4v) is 6.83. The van der Waals surface area contributed by atoms with Crippen LogP contribution in [0.4, 0.5) is 5.95 Å². The van der Waals surface area contributed by atoms with Crippen LogP contribution in [0.1, 0.15) is 44.1 Å². The highest BCUT2D eigenvalue weighted by Gasteiger charge is 2.57. The van der Waals surface area contributed by atoms with Crippen LogP contribution in [0.15, 0.2) is 35.2 Å². The molecule has 0 amide bonds. The molecule has 0 aromatic carbocycles. The van der Waals surface area contributed by atoms with Crippen molar-refractivity contribution < 1.29 is 5.11 Å². The Morgan fingerprint density at radius 2 is 1.93 bits per heavy atom. The molecule has 0 saturated heterocycles. The molecule has 4 aliphatic carbocycles. The van der Waals surface area contributed by atoms with Crippen molar-refractivity contribution in [2.75, 3.05) is 5.32 Å². The molecule has 4 atom stereocenters. The zero-order valence-electron chi connectivity index (χ0n) is 16.4. The van der Waals surface area contributed by atoms with E-state index in [9.17, 15) is 5.11 Å². The molecule has 3 aromatic rings. The lowest BCUT2D eigenvalue weighted by molar-refractivity contribution is -0.127. The molecule has 0 spiro atoms. The minimum Gasteiger partial charge on any atom is -0.390 e. The lowest BCUT2D eigenvalue weighted by Crippen LogP contribution is -2.62. The molecule has 7 rings (SSSR count). The van der Waals surface area contributed by atoms with Crippen molar-refractivity contribution in [2.24, 2.45) is 11.8 Å². The van der Waals surface area contributed by atoms with Crippen molar-refractivity contribution in [3.05, 3.63) is 40.8 Å². The molecule has 3 aromatic heterocycles. The van der Waals surface area contributed by atoms with Crippen molar-refractivity contribution in [2.45, 2.75) is 56.6 Å². The summed E-state index contributed by atoms with van der Waals surface area (Å²) in [6.45, 7) is 2.03. The van der Waals surface area contributed by atoms with Crippen LogP contribution >= 0.6 is 15.9 Å². The van der Waals surface area contributed by atoms with E-state index in [1.807, 2.05) is 37.6 Å². The highest BCUT2D eigenvalue weighted by Crippen LogP contribution is 2.58. The SMILES string of the molecule is Cc1cnc(NC23C[C@@H]4C[C@@H](CC(O)(C4)C2)C3)nc1-c1cnc2ccc(Br)cn12. The third-order valence-corrected chi connectivity index (χ3v) is 7.56. The van der Waals surface area contributed by atoms with E-state index >= 15 is 0 Å². The van der Waals surface area contributed by atoms with Gasteiger partial charge in [-0.3, -0.25) is 4.40 Å². The van der Waals surface area contributed by atoms with Gasteiger partial charge in [-0.05, 0) is 90.9 Å². The molecule has 4 aliphatic rings. The first-order chi connectivity index (χ1) is 13.9. The number of anilines is 1. The van der Waals surface area contributed by atoms with E-state index in [-0.39, 0.29) is 5.54 Å². The zero-order chi connectivity index (χ0) is 19.8. The van der Waals surface area contributed by atoms with E-state index in [2.05, 4.69) is 35.6 Å². The van der Waals surface area contributed by atoms with Gasteiger partial charge in [-0.2, -0.15) is 0 Å². The Morgan fingerprint density at radius 3 is 2.69 bits per heavy atom. The number of pyridine rings is 1. The molecule has 3 heterocycles. The van der Waals surface area contributed by atoms with Gasteiger partial charge >= 0.3 is 0 Å². The summed E-state index contributed by atoms with van der Waals surface area (Å²) in [7, 11) is 0. The number of hydrogen-bond acceptors (Lipinski definition) is 5. The molecule has 0 radical (unpaired) electrons. The standard InChI is InChI=1S/C22H24BrN5O/c1-13-9-25-20(26-19(13)17-10-24-18-3-2-16(23)11-28(17)18)27-21-5-14-4-15(6-21)8-22(29,7-14)12-21/h2-3,9-11,14-15,29H,4-8,12H2,1H3,(H,25,26,27)/t14-,15+,21?,22?. The first kappa shape index (κ1) is 17.8. The van der Waals surface area contributed by atoms with Crippen molar-refractivity contribution >= 4 is 27.5 Å². The molecular weight excluding hydrogens is 430 g/mol. The maximum Gasteiger partial charge on any atom is 0.223 e. The maximum atomic E-state index is 11.0. The van der Waals surface area contributed by atoms with E-state index in [0.717, 1.165) is 59.2 Å². The summed E-state index contributed by atoms with van der Waals surface area (Å²) < 4.78 is 3.05. The molecule has 29 heavy (non-hydrogen) atoms. The largest absolute Gasteiger partial charge is 0.390 e. The number of rotatable bonds is 3. The average Bonchev–Trinajstić information content (AvgIpc) is 3.04. The molecule has 4 bridgehead atoms. The van der Waals surface area contributed by atoms with Gasteiger partial charge in [-0.25, -0.2) is 15.0 Å². The minimum absolute atomic E-state index is 0.0755. The molecule has 4 saturated carbocycles. The van der Waals surface area contributed by atoms with Gasteiger partial charge in [0.2, 0.25) is 5.95 Å². The van der Waals surface area contributed by atoms with Crippen molar-refractivity contribution in [3.63, 3.8) is 0 Å². The van der Waals surface area contributed by atoms with Crippen molar-refractivity contribution in [1.29, 1.82) is 0 Å². The second-order valence-corrected chi connectivity index (χ2v) is 10.5. The normalized spacial score (nSPS) is 32.8. The highest BCUT2D eigenvalue weighted by atomic mass is 79.9. The topological polar surface area (TPSA) is 75.3 Å². The molecule has 4 fully saturated rings. The number of nitrogens with zero attached hydrogens (tertiary/aromatic N) is 4. The Kier molecular flexibility index (Phi) is 3.70. The van der Waals surface area contributed by atoms with Gasteiger partial charge in [-0.1, -0.05) is 0 Å². The summed E-state index contributed by atoms with van der Waals surface area (Å²) in [5, 5.41) is 14.7. The summed E-state index contributed by atoms with van der Waals surface area (Å²) in [6.07, 6.45) is 12.0. The van der Waals surface area contributed by atoms with E-state index in [1.54, 1.807) is 0 Å². The highest BCUT2D eigenvalue weighted by molar-refractivity contribution is 9.10. The summed E-state index contributed by atoms with van der Waals surface area (Å²) in [5.41, 5.74) is 3.16. The Morgan fingerprint density at radius 1 is 1.14 bits per heavy atom. The third kappa shape index (κ3) is 2.89. The maximum absolute atomic E-state index is 11.0. The number of nitrogens with one attached hydrogen (secondary N) is 1. The number of aryl methyl sites for hydroxylation is 1. The second kappa shape index (κ2) is 6.01. The van der Waals surface area contributed by atoms with Gasteiger partial charge in [0.1, 0.15) is 5.65 Å². The Balaban J connectivity index is 1.38. The van der Waals surface area contributed by atoms with Gasteiger partial charge < -0.3 is 10.4 Å². The molecule has 7 heteroatoms. The van der Waals surface area contributed by atoms with Gasteiger partial charge in [0, 0.05) is 22.4 Å². The molecular formula is C22H24BrN5O. The summed E-state index contributed by atoms with van der Waals surface area (Å²) in [5.74, 6) is 1.89. The van der Waals surface area contributed by atoms with Crippen molar-refractivity contribution in [3.8, 4) is 11.4 Å². The van der Waals surface area contributed by atoms with Crippen LogP contribution < -0.4 is 5.32 Å². The second-order valence-electron chi connectivity index (χ2n) is 9.53. The molecule has 150 valence electrons. The number of hydrogen-bond donors (Lipinski definition) is 2.